The summed E-state index contributed by atoms with van der Waals surface area (Å²) in [6, 6.07) is 14.7. The number of aryl methyl sites for hydroxylation is 3. The summed E-state index contributed by atoms with van der Waals surface area (Å²) in [5, 5.41) is 0. The number of esters is 1. The van der Waals surface area contributed by atoms with Gasteiger partial charge in [0.1, 0.15) is 16.8 Å². The topological polar surface area (TPSA) is 57.0 Å². The van der Waals surface area contributed by atoms with Gasteiger partial charge in [-0.3, -0.25) is 4.79 Å². The lowest BCUT2D eigenvalue weighted by molar-refractivity contribution is -0.149. The van der Waals surface area contributed by atoms with Gasteiger partial charge in [0, 0.05) is 21.9 Å². The molecule has 0 amide bonds. The van der Waals surface area contributed by atoms with Crippen LogP contribution in [0.1, 0.15) is 51.8 Å². The smallest absolute Gasteiger partial charge is 0.318 e. The molecular formula is C27H29N3O2S. The highest BCUT2D eigenvalue weighted by molar-refractivity contribution is 7.12. The molecule has 0 atom stereocenters. The van der Waals surface area contributed by atoms with Crippen molar-refractivity contribution in [3.63, 3.8) is 0 Å². The van der Waals surface area contributed by atoms with Crippen molar-refractivity contribution in [1.29, 1.82) is 0 Å². The van der Waals surface area contributed by atoms with Gasteiger partial charge in [0.15, 0.2) is 5.65 Å². The maximum atomic E-state index is 13.3. The van der Waals surface area contributed by atoms with Crippen LogP contribution in [-0.4, -0.2) is 27.1 Å². The summed E-state index contributed by atoms with van der Waals surface area (Å²) in [7, 11) is 0. The lowest BCUT2D eigenvalue weighted by Crippen LogP contribution is -2.37. The van der Waals surface area contributed by atoms with Crippen LogP contribution in [0.3, 0.4) is 0 Å². The minimum Gasteiger partial charge on any atom is -0.465 e. The molecule has 0 aliphatic heterocycles. The monoisotopic (exact) mass is 459 g/mol. The summed E-state index contributed by atoms with van der Waals surface area (Å²) in [6.07, 6.45) is 2.22. The number of rotatable bonds is 6. The van der Waals surface area contributed by atoms with Gasteiger partial charge in [0.05, 0.1) is 13.2 Å². The van der Waals surface area contributed by atoms with E-state index in [-0.39, 0.29) is 5.97 Å². The fourth-order valence-electron chi connectivity index (χ4n) is 5.06. The van der Waals surface area contributed by atoms with Crippen molar-refractivity contribution in [1.82, 2.24) is 14.5 Å². The first-order valence-corrected chi connectivity index (χ1v) is 12.4. The van der Waals surface area contributed by atoms with Crippen molar-refractivity contribution in [2.45, 2.75) is 58.9 Å². The molecule has 0 radical (unpaired) electrons. The highest BCUT2D eigenvalue weighted by atomic mass is 32.1. The largest absolute Gasteiger partial charge is 0.465 e. The summed E-state index contributed by atoms with van der Waals surface area (Å²) in [5.41, 5.74) is 5.91. The number of benzene rings is 1. The molecule has 33 heavy (non-hydrogen) atoms. The van der Waals surface area contributed by atoms with E-state index in [1.165, 1.54) is 16.0 Å². The number of carbonyl (C=O) groups excluding carboxylic acids is 1. The minimum atomic E-state index is -0.640. The SMILES string of the molecule is CCOC(=O)C1(c2ccc(Cn3c(CC)nc4c(C)cc(C)nc43)s2)Cc2ccccc2C1. The van der Waals surface area contributed by atoms with E-state index in [1.54, 1.807) is 11.3 Å². The van der Waals surface area contributed by atoms with Gasteiger partial charge in [-0.1, -0.05) is 31.2 Å². The van der Waals surface area contributed by atoms with E-state index in [0.29, 0.717) is 26.0 Å². The van der Waals surface area contributed by atoms with Crippen LogP contribution in [0.2, 0.25) is 0 Å². The highest BCUT2D eigenvalue weighted by Crippen LogP contribution is 2.44. The van der Waals surface area contributed by atoms with Crippen molar-refractivity contribution in [2.75, 3.05) is 6.61 Å². The maximum Gasteiger partial charge on any atom is 0.318 e. The lowest BCUT2D eigenvalue weighted by atomic mass is 9.83. The van der Waals surface area contributed by atoms with Gasteiger partial charge in [-0.05, 0) is 68.5 Å². The normalized spacial score (nSPS) is 14.5. The van der Waals surface area contributed by atoms with Crippen LogP contribution in [0.15, 0.2) is 42.5 Å². The second kappa shape index (κ2) is 8.41. The minimum absolute atomic E-state index is 0.121. The lowest BCUT2D eigenvalue weighted by Gasteiger charge is -2.25. The van der Waals surface area contributed by atoms with Crippen LogP contribution in [0.25, 0.3) is 11.2 Å². The Morgan fingerprint density at radius 2 is 1.82 bits per heavy atom. The van der Waals surface area contributed by atoms with E-state index in [4.69, 9.17) is 14.7 Å². The number of pyridine rings is 1. The van der Waals surface area contributed by atoms with E-state index in [2.05, 4.69) is 48.7 Å². The number of thiophene rings is 1. The standard InChI is InChI=1S/C27H29N3O2S/c1-5-23-29-24-17(3)13-18(4)28-25(24)30(23)16-21-11-12-22(33-21)27(26(31)32-6-2)14-19-9-7-8-10-20(19)15-27/h7-13H,5-6,14-16H2,1-4H3. The fraction of sp³-hybridized carbons (Fsp3) is 0.370. The van der Waals surface area contributed by atoms with E-state index >= 15 is 0 Å². The molecule has 5 rings (SSSR count). The molecule has 6 heteroatoms. The second-order valence-electron chi connectivity index (χ2n) is 8.91. The molecule has 3 heterocycles. The molecule has 170 valence electrons. The van der Waals surface area contributed by atoms with Crippen LogP contribution in [-0.2, 0) is 40.8 Å². The van der Waals surface area contributed by atoms with Gasteiger partial charge in [0.2, 0.25) is 0 Å². The molecule has 1 aromatic carbocycles. The van der Waals surface area contributed by atoms with Crippen LogP contribution < -0.4 is 0 Å². The Kier molecular flexibility index (Phi) is 5.57. The van der Waals surface area contributed by atoms with Gasteiger partial charge in [-0.25, -0.2) is 9.97 Å². The molecule has 0 saturated carbocycles. The van der Waals surface area contributed by atoms with Crippen LogP contribution >= 0.6 is 11.3 Å². The first-order valence-electron chi connectivity index (χ1n) is 11.6. The number of fused-ring (bicyclic) bond motifs is 2. The zero-order chi connectivity index (χ0) is 23.2. The summed E-state index contributed by atoms with van der Waals surface area (Å²) in [6.45, 7) is 9.22. The van der Waals surface area contributed by atoms with Crippen molar-refractivity contribution in [2.24, 2.45) is 0 Å². The Balaban J connectivity index is 1.53. The third kappa shape index (κ3) is 3.66. The van der Waals surface area contributed by atoms with E-state index in [0.717, 1.165) is 39.5 Å². The molecule has 0 fully saturated rings. The molecule has 1 aliphatic rings. The van der Waals surface area contributed by atoms with Gasteiger partial charge in [-0.15, -0.1) is 11.3 Å². The average Bonchev–Trinajstić information content (AvgIpc) is 3.50. The van der Waals surface area contributed by atoms with Crippen LogP contribution in [0.5, 0.6) is 0 Å². The molecule has 0 saturated heterocycles. The van der Waals surface area contributed by atoms with Gasteiger partial charge < -0.3 is 9.30 Å². The molecule has 4 aromatic rings. The second-order valence-corrected chi connectivity index (χ2v) is 10.1. The van der Waals surface area contributed by atoms with E-state index in [1.807, 2.05) is 26.0 Å². The van der Waals surface area contributed by atoms with Crippen molar-refractivity contribution in [3.8, 4) is 0 Å². The Hall–Kier alpha value is -2.99. The number of ether oxygens (including phenoxy) is 1. The summed E-state index contributed by atoms with van der Waals surface area (Å²) in [5.74, 6) is 0.916. The molecule has 5 nitrogen and oxygen atoms in total. The molecule has 0 unspecified atom stereocenters. The zero-order valence-electron chi connectivity index (χ0n) is 19.6. The predicted molar refractivity (Wildman–Crippen MR) is 132 cm³/mol. The van der Waals surface area contributed by atoms with Gasteiger partial charge >= 0.3 is 5.97 Å². The zero-order valence-corrected chi connectivity index (χ0v) is 20.5. The Labute approximate surface area is 198 Å². The maximum absolute atomic E-state index is 13.3. The van der Waals surface area contributed by atoms with E-state index < -0.39 is 5.41 Å². The summed E-state index contributed by atoms with van der Waals surface area (Å²) >= 11 is 1.71. The third-order valence-electron chi connectivity index (χ3n) is 6.63. The third-order valence-corrected chi connectivity index (χ3v) is 7.91. The predicted octanol–water partition coefficient (Wildman–Crippen LogP) is 5.32. The Morgan fingerprint density at radius 1 is 1.09 bits per heavy atom. The number of aromatic nitrogens is 3. The summed E-state index contributed by atoms with van der Waals surface area (Å²) < 4.78 is 7.82. The molecule has 0 bridgehead atoms. The first-order chi connectivity index (χ1) is 15.9. The average molecular weight is 460 g/mol. The highest BCUT2D eigenvalue weighted by Gasteiger charge is 2.47. The quantitative estimate of drug-likeness (QED) is 0.366. The molecule has 3 aromatic heterocycles. The Morgan fingerprint density at radius 3 is 2.48 bits per heavy atom. The van der Waals surface area contributed by atoms with E-state index in [9.17, 15) is 4.79 Å². The van der Waals surface area contributed by atoms with Crippen LogP contribution in [0.4, 0.5) is 0 Å². The first kappa shape index (κ1) is 21.8. The molecule has 0 spiro atoms. The molecular weight excluding hydrogens is 430 g/mol. The number of hydrogen-bond acceptors (Lipinski definition) is 5. The van der Waals surface area contributed by atoms with Gasteiger partial charge in [0.25, 0.3) is 0 Å². The Bertz CT molecular complexity index is 1330. The van der Waals surface area contributed by atoms with Crippen LogP contribution in [0, 0.1) is 13.8 Å². The van der Waals surface area contributed by atoms with Crippen molar-refractivity contribution >= 4 is 28.5 Å². The number of carbonyl (C=O) groups is 1. The van der Waals surface area contributed by atoms with Gasteiger partial charge in [-0.2, -0.15) is 0 Å². The molecule has 1 aliphatic carbocycles. The number of nitrogens with zero attached hydrogens (tertiary/aromatic N) is 3. The summed E-state index contributed by atoms with van der Waals surface area (Å²) in [4.78, 5) is 25.2. The molecule has 0 N–H and O–H groups in total. The fourth-order valence-corrected chi connectivity index (χ4v) is 6.24. The van der Waals surface area contributed by atoms with Crippen molar-refractivity contribution in [3.05, 3.63) is 80.4 Å². The number of hydrogen-bond donors (Lipinski definition) is 0. The van der Waals surface area contributed by atoms with Crippen molar-refractivity contribution < 1.29 is 9.53 Å². The number of imidazole rings is 1.